The van der Waals surface area contributed by atoms with Gasteiger partial charge in [-0.1, -0.05) is 74.7 Å². The van der Waals surface area contributed by atoms with E-state index in [2.05, 4.69) is 55.4 Å². The predicted octanol–water partition coefficient (Wildman–Crippen LogP) is 7.97. The zero-order chi connectivity index (χ0) is 34.1. The molecule has 0 saturated carbocycles. The number of ether oxygens (including phenoxy) is 5. The van der Waals surface area contributed by atoms with E-state index in [1.54, 1.807) is 6.07 Å². The van der Waals surface area contributed by atoms with Gasteiger partial charge in [0.15, 0.2) is 23.0 Å². The number of rotatable bonds is 10. The quantitative estimate of drug-likeness (QED) is 0.151. The summed E-state index contributed by atoms with van der Waals surface area (Å²) >= 11 is 6.35. The summed E-state index contributed by atoms with van der Waals surface area (Å²) in [6.07, 6.45) is 3.45. The van der Waals surface area contributed by atoms with Crippen LogP contribution >= 0.6 is 11.6 Å². The fourth-order valence-electron chi connectivity index (χ4n) is 5.38. The lowest BCUT2D eigenvalue weighted by molar-refractivity contribution is -0.0111. The molecule has 1 aliphatic rings. The molecular weight excluding hydrogens is 632 g/mol. The molecule has 46 heavy (non-hydrogen) atoms. The van der Waals surface area contributed by atoms with E-state index in [1.165, 1.54) is 0 Å². The molecule has 0 aromatic heterocycles. The molecule has 2 atom stereocenters. The molecule has 3 rings (SSSR count). The van der Waals surface area contributed by atoms with Gasteiger partial charge in [0, 0.05) is 12.5 Å². The first-order valence-corrected chi connectivity index (χ1v) is 18.1. The highest BCUT2D eigenvalue weighted by molar-refractivity contribution is 7.80. The molecule has 0 fully saturated rings. The van der Waals surface area contributed by atoms with Gasteiger partial charge in [-0.2, -0.15) is 8.42 Å². The molecule has 0 bridgehead atoms. The number of hydrogen-bond acceptors (Lipinski definition) is 8. The molecule has 0 saturated heterocycles. The number of fused-ring (bicyclic) bond motifs is 2. The van der Waals surface area contributed by atoms with Gasteiger partial charge in [0.2, 0.25) is 0 Å². The molecule has 2 unspecified atom stereocenters. The van der Waals surface area contributed by atoms with Crippen LogP contribution in [0.3, 0.4) is 0 Å². The number of alkyl halides is 1. The fraction of sp³-hybridized carbons (Fsp3) is 0.657. The summed E-state index contributed by atoms with van der Waals surface area (Å²) in [7, 11) is -4.82. The number of hydrogen-bond donors (Lipinski definition) is 1. The molecule has 0 aliphatic carbocycles. The minimum absolute atomic E-state index is 0.165. The van der Waals surface area contributed by atoms with E-state index in [9.17, 15) is 13.0 Å². The van der Waals surface area contributed by atoms with Gasteiger partial charge >= 0.3 is 10.4 Å². The smallest absolute Gasteiger partial charge is 0.397 e. The van der Waals surface area contributed by atoms with Crippen LogP contribution in [-0.4, -0.2) is 58.2 Å². The Labute approximate surface area is 281 Å². The van der Waals surface area contributed by atoms with Crippen molar-refractivity contribution in [2.45, 2.75) is 116 Å². The van der Waals surface area contributed by atoms with E-state index < -0.39 is 22.6 Å². The molecule has 1 aliphatic heterocycles. The van der Waals surface area contributed by atoms with E-state index >= 15 is 0 Å². The highest BCUT2D eigenvalue weighted by Crippen LogP contribution is 2.39. The number of unbranched alkanes of at least 4 members (excludes halogenated alkanes) is 3. The van der Waals surface area contributed by atoms with Gasteiger partial charge in [-0.05, 0) is 70.2 Å². The van der Waals surface area contributed by atoms with Gasteiger partial charge in [-0.25, -0.2) is 4.18 Å². The molecule has 0 spiro atoms. The zero-order valence-electron chi connectivity index (χ0n) is 28.7. The number of benzene rings is 2. The minimum atomic E-state index is -4.82. The van der Waals surface area contributed by atoms with Gasteiger partial charge < -0.3 is 23.7 Å². The summed E-state index contributed by atoms with van der Waals surface area (Å²) in [5.41, 5.74) is 3.62. The second kappa shape index (κ2) is 16.7. The predicted molar refractivity (Wildman–Crippen MR) is 182 cm³/mol. The lowest BCUT2D eigenvalue weighted by Gasteiger charge is -2.28. The minimum Gasteiger partial charge on any atom is -0.487 e. The van der Waals surface area contributed by atoms with Gasteiger partial charge in [-0.15, -0.1) is 11.6 Å². The third-order valence-electron chi connectivity index (χ3n) is 7.79. The maximum Gasteiger partial charge on any atom is 0.397 e. The molecular formula is C35H53ClO9S. The summed E-state index contributed by atoms with van der Waals surface area (Å²) in [4.78, 5) is 0. The second-order valence-electron chi connectivity index (χ2n) is 13.8. The van der Waals surface area contributed by atoms with Gasteiger partial charge in [0.05, 0.1) is 0 Å². The third kappa shape index (κ3) is 11.5. The van der Waals surface area contributed by atoms with Crippen molar-refractivity contribution in [3.05, 3.63) is 46.5 Å². The fourth-order valence-corrected chi connectivity index (χ4v) is 6.06. The monoisotopic (exact) mass is 684 g/mol. The maximum absolute atomic E-state index is 11.8. The van der Waals surface area contributed by atoms with Crippen LogP contribution in [0.2, 0.25) is 0 Å². The number of aryl methyl sites for hydroxylation is 1. The Hall–Kier alpha value is -2.24. The normalized spacial score (nSPS) is 18.2. The van der Waals surface area contributed by atoms with Crippen molar-refractivity contribution >= 4 is 22.0 Å². The molecule has 2 aromatic carbocycles. The van der Waals surface area contributed by atoms with Crippen LogP contribution in [0.5, 0.6) is 23.0 Å². The Morgan fingerprint density at radius 2 is 1.20 bits per heavy atom. The molecule has 0 amide bonds. The Bertz CT molecular complexity index is 1300. The van der Waals surface area contributed by atoms with Crippen LogP contribution in [0.25, 0.3) is 0 Å². The van der Waals surface area contributed by atoms with E-state index in [4.69, 9.17) is 39.5 Å². The van der Waals surface area contributed by atoms with Crippen molar-refractivity contribution in [1.82, 2.24) is 0 Å². The molecule has 9 nitrogen and oxygen atoms in total. The Balaban J connectivity index is 2.07. The van der Waals surface area contributed by atoms with Crippen molar-refractivity contribution in [2.75, 3.05) is 33.0 Å². The zero-order valence-corrected chi connectivity index (χ0v) is 30.3. The third-order valence-corrected chi connectivity index (χ3v) is 8.59. The van der Waals surface area contributed by atoms with Crippen molar-refractivity contribution in [2.24, 2.45) is 0 Å². The average Bonchev–Trinajstić information content (AvgIpc) is 2.97. The van der Waals surface area contributed by atoms with E-state index in [0.29, 0.717) is 29.6 Å². The van der Waals surface area contributed by atoms with Crippen molar-refractivity contribution < 1.29 is 40.8 Å². The lowest BCUT2D eigenvalue weighted by Crippen LogP contribution is -2.32. The first-order valence-electron chi connectivity index (χ1n) is 16.2. The first kappa shape index (κ1) is 38.2. The van der Waals surface area contributed by atoms with Crippen molar-refractivity contribution in [3.8, 4) is 23.0 Å². The van der Waals surface area contributed by atoms with Crippen molar-refractivity contribution in [3.63, 3.8) is 0 Å². The van der Waals surface area contributed by atoms with Crippen molar-refractivity contribution in [1.29, 1.82) is 0 Å². The summed E-state index contributed by atoms with van der Waals surface area (Å²) < 4.78 is 69.5. The van der Waals surface area contributed by atoms with Gasteiger partial charge in [0.25, 0.3) is 0 Å². The standard InChI is InChI=1S/C35H53ClO9S/c1-9-11-12-13-14-40-26-20-41-32-17-28(34(3,4)5)24(10-2)15-30(32)43-22-27(45-46(37,38)39)23-44-31-16-25(19-36)29(35(6,7)8)18-33(31)42-21-26/h15-18,26-27H,9-14,19-23H2,1-8H3,(H,37,38,39). The van der Waals surface area contributed by atoms with Crippen LogP contribution in [0, 0.1) is 0 Å². The van der Waals surface area contributed by atoms with E-state index in [-0.39, 0.29) is 43.1 Å². The summed E-state index contributed by atoms with van der Waals surface area (Å²) in [6.45, 7) is 17.3. The van der Waals surface area contributed by atoms with Crippen LogP contribution in [-0.2, 0) is 42.4 Å². The summed E-state index contributed by atoms with van der Waals surface area (Å²) in [6, 6.07) is 7.60. The molecule has 2 aromatic rings. The molecule has 260 valence electrons. The summed E-state index contributed by atoms with van der Waals surface area (Å²) in [5, 5.41) is 0. The summed E-state index contributed by atoms with van der Waals surface area (Å²) in [5.74, 6) is 1.96. The highest BCUT2D eigenvalue weighted by Gasteiger charge is 2.27. The highest BCUT2D eigenvalue weighted by atomic mass is 35.5. The number of halogens is 1. The van der Waals surface area contributed by atoms with E-state index in [0.717, 1.165) is 54.4 Å². The molecule has 1 N–H and O–H groups in total. The lowest BCUT2D eigenvalue weighted by atomic mass is 9.83. The van der Waals surface area contributed by atoms with Crippen LogP contribution in [0.15, 0.2) is 24.3 Å². The first-order chi connectivity index (χ1) is 21.6. The van der Waals surface area contributed by atoms with Crippen LogP contribution in [0.4, 0.5) is 0 Å². The average molecular weight is 685 g/mol. The molecule has 11 heteroatoms. The van der Waals surface area contributed by atoms with E-state index in [1.807, 2.05) is 18.2 Å². The Morgan fingerprint density at radius 1 is 0.739 bits per heavy atom. The maximum atomic E-state index is 11.8. The van der Waals surface area contributed by atoms with Crippen LogP contribution < -0.4 is 18.9 Å². The van der Waals surface area contributed by atoms with Gasteiger partial charge in [-0.3, -0.25) is 4.55 Å². The topological polar surface area (TPSA) is 110 Å². The Kier molecular flexibility index (Phi) is 13.9. The SMILES string of the molecule is CCCCCCOC1COc2cc(C(C)(C)C)c(CC)cc2OCC(OS(=O)(=O)O)COc2cc(CCl)c(C(C)(C)C)cc2OC1. The van der Waals surface area contributed by atoms with Gasteiger partial charge in [0.1, 0.15) is 38.6 Å². The van der Waals surface area contributed by atoms with Crippen LogP contribution in [0.1, 0.15) is 103 Å². The molecule has 0 radical (unpaired) electrons. The second-order valence-corrected chi connectivity index (χ2v) is 15.2. The molecule has 1 heterocycles. The Morgan fingerprint density at radius 3 is 1.63 bits per heavy atom. The largest absolute Gasteiger partial charge is 0.487 e.